The summed E-state index contributed by atoms with van der Waals surface area (Å²) in [6.07, 6.45) is -0.0320. The van der Waals surface area contributed by atoms with E-state index in [2.05, 4.69) is 14.2 Å². The van der Waals surface area contributed by atoms with Crippen LogP contribution < -0.4 is 0 Å². The van der Waals surface area contributed by atoms with E-state index in [9.17, 15) is 14.4 Å². The maximum atomic E-state index is 11.6. The maximum absolute atomic E-state index is 11.6. The van der Waals surface area contributed by atoms with Gasteiger partial charge >= 0.3 is 17.9 Å². The Hall–Kier alpha value is -1.89. The Kier molecular flexibility index (Phi) is 8.19. The minimum Gasteiger partial charge on any atom is -0.469 e. The van der Waals surface area contributed by atoms with Crippen LogP contribution in [0.4, 0.5) is 0 Å². The number of rotatable bonds is 7. The Morgan fingerprint density at radius 2 is 1.42 bits per heavy atom. The normalized spacial score (nSPS) is 11.4. The molecular formula is C12H18O7. The topological polar surface area (TPSA) is 99.1 Å². The first-order valence-corrected chi connectivity index (χ1v) is 5.58. The highest BCUT2D eigenvalue weighted by Gasteiger charge is 2.24. The highest BCUT2D eigenvalue weighted by Crippen LogP contribution is 2.18. The third-order valence-corrected chi connectivity index (χ3v) is 2.36. The van der Waals surface area contributed by atoms with Crippen LogP contribution in [0.25, 0.3) is 0 Å². The second kappa shape index (κ2) is 9.09. The molecule has 7 heteroatoms. The summed E-state index contributed by atoms with van der Waals surface area (Å²) in [6, 6.07) is 0. The van der Waals surface area contributed by atoms with E-state index in [1.54, 1.807) is 0 Å². The maximum Gasteiger partial charge on any atom is 0.334 e. The molecule has 7 nitrogen and oxygen atoms in total. The van der Waals surface area contributed by atoms with Gasteiger partial charge in [-0.3, -0.25) is 4.79 Å². The van der Waals surface area contributed by atoms with E-state index >= 15 is 0 Å². The lowest BCUT2D eigenvalue weighted by Gasteiger charge is -2.11. The van der Waals surface area contributed by atoms with Crippen LogP contribution in [0.15, 0.2) is 11.1 Å². The third-order valence-electron chi connectivity index (χ3n) is 2.36. The Morgan fingerprint density at radius 3 is 1.84 bits per heavy atom. The first-order chi connectivity index (χ1) is 9.01. The van der Waals surface area contributed by atoms with Crippen molar-refractivity contribution >= 4 is 17.9 Å². The molecule has 0 bridgehead atoms. The molecule has 19 heavy (non-hydrogen) atoms. The van der Waals surface area contributed by atoms with E-state index in [1.807, 2.05) is 0 Å². The van der Waals surface area contributed by atoms with Crippen LogP contribution in [-0.2, 0) is 28.6 Å². The fraction of sp³-hybridized carbons (Fsp3) is 0.583. The first-order valence-electron chi connectivity index (χ1n) is 5.58. The van der Waals surface area contributed by atoms with Crippen LogP contribution in [0.3, 0.4) is 0 Å². The predicted molar refractivity (Wildman–Crippen MR) is 64.0 cm³/mol. The van der Waals surface area contributed by atoms with Crippen molar-refractivity contribution in [3.63, 3.8) is 0 Å². The second-order valence-corrected chi connectivity index (χ2v) is 3.52. The van der Waals surface area contributed by atoms with Gasteiger partial charge in [-0.25, -0.2) is 9.59 Å². The zero-order valence-corrected chi connectivity index (χ0v) is 11.2. The smallest absolute Gasteiger partial charge is 0.334 e. The quantitative estimate of drug-likeness (QED) is 0.395. The average molecular weight is 274 g/mol. The van der Waals surface area contributed by atoms with Crippen LogP contribution in [0, 0.1) is 0 Å². The molecule has 0 amide bonds. The number of esters is 3. The minimum atomic E-state index is -0.802. The number of hydrogen-bond donors (Lipinski definition) is 1. The molecule has 0 aromatic rings. The zero-order chi connectivity index (χ0) is 14.8. The molecule has 0 saturated heterocycles. The van der Waals surface area contributed by atoms with Crippen molar-refractivity contribution in [1.29, 1.82) is 0 Å². The van der Waals surface area contributed by atoms with E-state index in [1.165, 1.54) is 7.11 Å². The average Bonchev–Trinajstić information content (AvgIpc) is 2.44. The van der Waals surface area contributed by atoms with Gasteiger partial charge in [0.05, 0.1) is 33.3 Å². The second-order valence-electron chi connectivity index (χ2n) is 3.52. The lowest BCUT2D eigenvalue weighted by molar-refractivity contribution is -0.143. The van der Waals surface area contributed by atoms with Gasteiger partial charge in [0.1, 0.15) is 0 Å². The lowest BCUT2D eigenvalue weighted by Crippen LogP contribution is -2.18. The van der Waals surface area contributed by atoms with E-state index in [0.717, 1.165) is 14.2 Å². The van der Waals surface area contributed by atoms with Gasteiger partial charge in [0.2, 0.25) is 0 Å². The van der Waals surface area contributed by atoms with E-state index < -0.39 is 17.9 Å². The lowest BCUT2D eigenvalue weighted by atomic mass is 10.0. The molecule has 0 heterocycles. The summed E-state index contributed by atoms with van der Waals surface area (Å²) in [6.45, 7) is -0.160. The van der Waals surface area contributed by atoms with Crippen molar-refractivity contribution in [3.8, 4) is 0 Å². The summed E-state index contributed by atoms with van der Waals surface area (Å²) in [5, 5.41) is 8.79. The fourth-order valence-electron chi connectivity index (χ4n) is 1.40. The summed E-state index contributed by atoms with van der Waals surface area (Å²) >= 11 is 0. The van der Waals surface area contributed by atoms with E-state index in [-0.39, 0.29) is 37.0 Å². The molecule has 0 aliphatic rings. The van der Waals surface area contributed by atoms with Gasteiger partial charge in [-0.2, -0.15) is 0 Å². The Labute approximate surface area is 111 Å². The molecule has 0 aromatic heterocycles. The molecule has 108 valence electrons. The summed E-state index contributed by atoms with van der Waals surface area (Å²) < 4.78 is 13.6. The number of ether oxygens (including phenoxy) is 3. The van der Waals surface area contributed by atoms with Gasteiger partial charge in [0.25, 0.3) is 0 Å². The van der Waals surface area contributed by atoms with Crippen molar-refractivity contribution in [2.75, 3.05) is 27.9 Å². The number of aliphatic hydroxyl groups is 1. The van der Waals surface area contributed by atoms with Crippen molar-refractivity contribution in [2.24, 2.45) is 0 Å². The molecule has 0 radical (unpaired) electrons. The van der Waals surface area contributed by atoms with Gasteiger partial charge in [0.15, 0.2) is 0 Å². The fourth-order valence-corrected chi connectivity index (χ4v) is 1.40. The largest absolute Gasteiger partial charge is 0.469 e. The minimum absolute atomic E-state index is 0.00815. The number of hydrogen-bond acceptors (Lipinski definition) is 7. The SMILES string of the molecule is COC(=O)CC(C(=O)OC)=C(CCCO)C(=O)OC. The molecule has 0 aliphatic carbocycles. The van der Waals surface area contributed by atoms with Crippen molar-refractivity contribution in [3.05, 3.63) is 11.1 Å². The van der Waals surface area contributed by atoms with E-state index in [0.29, 0.717) is 0 Å². The molecule has 0 rings (SSSR count). The van der Waals surface area contributed by atoms with Crippen LogP contribution in [-0.4, -0.2) is 51.0 Å². The van der Waals surface area contributed by atoms with Gasteiger partial charge in [-0.05, 0) is 12.8 Å². The van der Waals surface area contributed by atoms with Crippen molar-refractivity contribution in [1.82, 2.24) is 0 Å². The molecule has 0 fully saturated rings. The molecule has 0 spiro atoms. The zero-order valence-electron chi connectivity index (χ0n) is 11.2. The molecule has 0 atom stereocenters. The number of carbonyl (C=O) groups excluding carboxylic acids is 3. The standard InChI is InChI=1S/C12H18O7/c1-17-10(14)7-9(12(16)19-3)8(5-4-6-13)11(15)18-2/h13H,4-7H2,1-3H3. The van der Waals surface area contributed by atoms with Crippen LogP contribution in [0.2, 0.25) is 0 Å². The van der Waals surface area contributed by atoms with E-state index in [4.69, 9.17) is 5.11 Å². The van der Waals surface area contributed by atoms with Gasteiger partial charge in [0, 0.05) is 12.2 Å². The van der Waals surface area contributed by atoms with Crippen molar-refractivity contribution in [2.45, 2.75) is 19.3 Å². The Balaban J connectivity index is 5.46. The Morgan fingerprint density at radius 1 is 0.895 bits per heavy atom. The van der Waals surface area contributed by atoms with Gasteiger partial charge in [-0.15, -0.1) is 0 Å². The molecule has 0 unspecified atom stereocenters. The molecule has 0 saturated carbocycles. The third kappa shape index (κ3) is 5.52. The number of carbonyl (C=O) groups is 3. The van der Waals surface area contributed by atoms with Crippen LogP contribution in [0.1, 0.15) is 19.3 Å². The highest BCUT2D eigenvalue weighted by molar-refractivity contribution is 6.03. The summed E-state index contributed by atoms with van der Waals surface area (Å²) in [5.41, 5.74) is -0.108. The first kappa shape index (κ1) is 17.1. The summed E-state index contributed by atoms with van der Waals surface area (Å²) in [5.74, 6) is -2.22. The van der Waals surface area contributed by atoms with Gasteiger partial charge in [-0.1, -0.05) is 0 Å². The highest BCUT2D eigenvalue weighted by atomic mass is 16.5. The van der Waals surface area contributed by atoms with Crippen LogP contribution in [0.5, 0.6) is 0 Å². The van der Waals surface area contributed by atoms with Crippen LogP contribution >= 0.6 is 0 Å². The molecular weight excluding hydrogens is 256 g/mol. The van der Waals surface area contributed by atoms with Crippen molar-refractivity contribution < 1.29 is 33.7 Å². The molecule has 0 aromatic carbocycles. The number of methoxy groups -OCH3 is 3. The monoisotopic (exact) mass is 274 g/mol. The Bertz CT molecular complexity index is 370. The molecule has 0 aliphatic heterocycles. The number of aliphatic hydroxyl groups excluding tert-OH is 1. The molecule has 1 N–H and O–H groups in total. The summed E-state index contributed by atoms with van der Waals surface area (Å²) in [7, 11) is 3.47. The van der Waals surface area contributed by atoms with Gasteiger partial charge < -0.3 is 19.3 Å². The predicted octanol–water partition coefficient (Wildman–Crippen LogP) is -0.0354. The summed E-state index contributed by atoms with van der Waals surface area (Å²) in [4.78, 5) is 34.5.